The number of hydrogen-bond donors (Lipinski definition) is 1. The molecule has 0 spiro atoms. The maximum Gasteiger partial charge on any atom is 0.223 e. The van der Waals surface area contributed by atoms with Gasteiger partial charge in [0.05, 0.1) is 5.69 Å². The summed E-state index contributed by atoms with van der Waals surface area (Å²) in [5, 5.41) is 2.54. The Balaban J connectivity index is 1.95. The van der Waals surface area contributed by atoms with Crippen molar-refractivity contribution in [1.82, 2.24) is 5.32 Å². The summed E-state index contributed by atoms with van der Waals surface area (Å²) in [6.07, 6.45) is -0.106. The van der Waals surface area contributed by atoms with Crippen molar-refractivity contribution in [3.63, 3.8) is 0 Å². The molecule has 0 saturated heterocycles. The molecule has 2 aromatic rings. The molecule has 0 radical (unpaired) electrons. The molecule has 0 heterocycles. The molecule has 4 nitrogen and oxygen atoms in total. The lowest BCUT2D eigenvalue weighted by molar-refractivity contribution is -0.121. The highest BCUT2D eigenvalue weighted by Crippen LogP contribution is 2.20. The smallest absolute Gasteiger partial charge is 0.223 e. The van der Waals surface area contributed by atoms with Crippen molar-refractivity contribution < 1.29 is 22.8 Å². The average molecular weight is 350 g/mol. The van der Waals surface area contributed by atoms with Crippen LogP contribution in [0.15, 0.2) is 42.5 Å². The molecule has 0 aromatic heterocycles. The minimum atomic E-state index is -0.887. The number of nitrogens with zero attached hydrogens (tertiary/aromatic N) is 1. The van der Waals surface area contributed by atoms with Crippen molar-refractivity contribution in [2.24, 2.45) is 0 Å². The van der Waals surface area contributed by atoms with Gasteiger partial charge < -0.3 is 10.2 Å². The molecule has 0 aliphatic heterocycles. The molecule has 132 valence electrons. The molecule has 0 aliphatic carbocycles. The fourth-order valence-electron chi connectivity index (χ4n) is 2.28. The lowest BCUT2D eigenvalue weighted by atomic mass is 10.2. The van der Waals surface area contributed by atoms with E-state index in [9.17, 15) is 22.8 Å². The number of carbonyl (C=O) groups excluding carboxylic acids is 2. The number of amides is 2. The van der Waals surface area contributed by atoms with E-state index in [4.69, 9.17) is 0 Å². The number of nitrogens with one attached hydrogen (secondary N) is 1. The lowest BCUT2D eigenvalue weighted by Crippen LogP contribution is -2.34. The van der Waals surface area contributed by atoms with Crippen LogP contribution >= 0.6 is 0 Å². The van der Waals surface area contributed by atoms with Gasteiger partial charge in [-0.05, 0) is 18.2 Å². The fraction of sp³-hybridized carbons (Fsp3) is 0.222. The third-order valence-corrected chi connectivity index (χ3v) is 3.58. The van der Waals surface area contributed by atoms with Crippen LogP contribution in [0.5, 0.6) is 0 Å². The fourth-order valence-corrected chi connectivity index (χ4v) is 2.28. The Labute approximate surface area is 143 Å². The van der Waals surface area contributed by atoms with Gasteiger partial charge in [0, 0.05) is 38.1 Å². The summed E-state index contributed by atoms with van der Waals surface area (Å²) in [4.78, 5) is 24.7. The van der Waals surface area contributed by atoms with Crippen LogP contribution in [0.25, 0.3) is 0 Å². The van der Waals surface area contributed by atoms with Crippen molar-refractivity contribution >= 4 is 17.5 Å². The van der Waals surface area contributed by atoms with E-state index < -0.39 is 29.3 Å². The molecule has 1 N–H and O–H groups in total. The van der Waals surface area contributed by atoms with E-state index in [0.29, 0.717) is 11.6 Å². The van der Waals surface area contributed by atoms with Gasteiger partial charge in [-0.15, -0.1) is 0 Å². The van der Waals surface area contributed by atoms with Crippen LogP contribution in [0.2, 0.25) is 0 Å². The number of carbonyl (C=O) groups is 2. The van der Waals surface area contributed by atoms with Gasteiger partial charge in [-0.2, -0.15) is 0 Å². The third kappa shape index (κ3) is 5.07. The molecule has 2 rings (SSSR count). The van der Waals surface area contributed by atoms with Gasteiger partial charge in [0.15, 0.2) is 0 Å². The molecule has 2 amide bonds. The maximum absolute atomic E-state index is 13.8. The Hall–Kier alpha value is -2.83. The standard InChI is InChI=1S/C18H17F3N2O2/c1-12(24)23(17-7-6-14(19)10-16(17)21)9-8-18(25)22-11-13-4-2-3-5-15(13)20/h2-7,10H,8-9,11H2,1H3,(H,22,25). The van der Waals surface area contributed by atoms with E-state index in [0.717, 1.165) is 17.0 Å². The molecule has 0 aliphatic rings. The quantitative estimate of drug-likeness (QED) is 0.870. The first-order valence-electron chi connectivity index (χ1n) is 7.61. The summed E-state index contributed by atoms with van der Waals surface area (Å²) in [7, 11) is 0. The number of hydrogen-bond acceptors (Lipinski definition) is 2. The van der Waals surface area contributed by atoms with Gasteiger partial charge >= 0.3 is 0 Å². The van der Waals surface area contributed by atoms with Crippen LogP contribution in [0.1, 0.15) is 18.9 Å². The van der Waals surface area contributed by atoms with E-state index in [1.165, 1.54) is 13.0 Å². The van der Waals surface area contributed by atoms with Crippen molar-refractivity contribution in [3.8, 4) is 0 Å². The van der Waals surface area contributed by atoms with Crippen molar-refractivity contribution in [2.45, 2.75) is 19.9 Å². The first-order chi connectivity index (χ1) is 11.9. The highest BCUT2D eigenvalue weighted by molar-refractivity contribution is 5.92. The van der Waals surface area contributed by atoms with E-state index in [2.05, 4.69) is 5.32 Å². The van der Waals surface area contributed by atoms with Gasteiger partial charge in [-0.25, -0.2) is 13.2 Å². The van der Waals surface area contributed by atoms with Crippen LogP contribution in [0.3, 0.4) is 0 Å². The Kier molecular flexibility index (Phi) is 6.16. The second-order valence-corrected chi connectivity index (χ2v) is 5.38. The van der Waals surface area contributed by atoms with Crippen molar-refractivity contribution in [3.05, 3.63) is 65.5 Å². The van der Waals surface area contributed by atoms with Gasteiger partial charge in [0.2, 0.25) is 11.8 Å². The summed E-state index contributed by atoms with van der Waals surface area (Å²) < 4.78 is 40.3. The second kappa shape index (κ2) is 8.32. The maximum atomic E-state index is 13.8. The van der Waals surface area contributed by atoms with Crippen LogP contribution in [-0.2, 0) is 16.1 Å². The Morgan fingerprint density at radius 1 is 1.04 bits per heavy atom. The summed E-state index contributed by atoms with van der Waals surface area (Å²) in [5.74, 6) is -2.97. The molecule has 0 fully saturated rings. The van der Waals surface area contributed by atoms with Crippen molar-refractivity contribution in [1.29, 1.82) is 0 Å². The highest BCUT2D eigenvalue weighted by atomic mass is 19.1. The SMILES string of the molecule is CC(=O)N(CCC(=O)NCc1ccccc1F)c1ccc(F)cc1F. The number of benzene rings is 2. The molecule has 0 unspecified atom stereocenters. The second-order valence-electron chi connectivity index (χ2n) is 5.38. The van der Waals surface area contributed by atoms with E-state index >= 15 is 0 Å². The Morgan fingerprint density at radius 2 is 1.76 bits per heavy atom. The molecule has 2 aromatic carbocycles. The topological polar surface area (TPSA) is 49.4 Å². The molecule has 0 saturated carbocycles. The first-order valence-corrected chi connectivity index (χ1v) is 7.61. The first kappa shape index (κ1) is 18.5. The van der Waals surface area contributed by atoms with Gasteiger partial charge in [-0.1, -0.05) is 18.2 Å². The molecule has 0 bridgehead atoms. The summed E-state index contributed by atoms with van der Waals surface area (Å²) in [5.41, 5.74) is 0.236. The van der Waals surface area contributed by atoms with E-state index in [1.54, 1.807) is 18.2 Å². The largest absolute Gasteiger partial charge is 0.352 e. The lowest BCUT2D eigenvalue weighted by Gasteiger charge is -2.21. The predicted molar refractivity (Wildman–Crippen MR) is 87.2 cm³/mol. The van der Waals surface area contributed by atoms with Gasteiger partial charge in [-0.3, -0.25) is 9.59 Å². The monoisotopic (exact) mass is 350 g/mol. The minimum absolute atomic E-state index is 0.0104. The number of anilines is 1. The Bertz CT molecular complexity index is 781. The zero-order valence-electron chi connectivity index (χ0n) is 13.6. The number of halogens is 3. The normalized spacial score (nSPS) is 10.4. The highest BCUT2D eigenvalue weighted by Gasteiger charge is 2.17. The zero-order chi connectivity index (χ0) is 18.4. The van der Waals surface area contributed by atoms with Gasteiger partial charge in [0.1, 0.15) is 17.5 Å². The average Bonchev–Trinajstić information content (AvgIpc) is 2.55. The summed E-state index contributed by atoms with van der Waals surface area (Å²) in [6.45, 7) is 1.15. The molecular weight excluding hydrogens is 333 g/mol. The Morgan fingerprint density at radius 3 is 2.40 bits per heavy atom. The van der Waals surface area contributed by atoms with Crippen LogP contribution in [0.4, 0.5) is 18.9 Å². The van der Waals surface area contributed by atoms with Crippen LogP contribution in [-0.4, -0.2) is 18.4 Å². The minimum Gasteiger partial charge on any atom is -0.352 e. The van der Waals surface area contributed by atoms with Crippen LogP contribution in [0, 0.1) is 17.5 Å². The molecule has 25 heavy (non-hydrogen) atoms. The van der Waals surface area contributed by atoms with E-state index in [1.807, 2.05) is 0 Å². The molecular formula is C18H17F3N2O2. The molecule has 0 atom stereocenters. The zero-order valence-corrected chi connectivity index (χ0v) is 13.6. The third-order valence-electron chi connectivity index (χ3n) is 3.58. The summed E-state index contributed by atoms with van der Waals surface area (Å²) in [6, 6.07) is 8.88. The predicted octanol–water partition coefficient (Wildman–Crippen LogP) is 3.16. The number of rotatable bonds is 6. The summed E-state index contributed by atoms with van der Waals surface area (Å²) >= 11 is 0. The molecule has 7 heteroatoms. The van der Waals surface area contributed by atoms with Crippen molar-refractivity contribution in [2.75, 3.05) is 11.4 Å². The van der Waals surface area contributed by atoms with E-state index in [-0.39, 0.29) is 25.2 Å². The van der Waals surface area contributed by atoms with Crippen LogP contribution < -0.4 is 10.2 Å². The van der Waals surface area contributed by atoms with Gasteiger partial charge in [0.25, 0.3) is 0 Å².